The minimum absolute atomic E-state index is 0. The Labute approximate surface area is 206 Å². The van der Waals surface area contributed by atoms with Crippen molar-refractivity contribution in [2.75, 3.05) is 47.0 Å². The van der Waals surface area contributed by atoms with E-state index < -0.39 is 0 Å². The average molecular weight is 549 g/mol. The molecule has 0 bridgehead atoms. The second-order valence-corrected chi connectivity index (χ2v) is 7.63. The maximum Gasteiger partial charge on any atom is 0.191 e. The van der Waals surface area contributed by atoms with Crippen LogP contribution in [0.5, 0.6) is 5.75 Å². The number of halogens is 1. The highest BCUT2D eigenvalue weighted by atomic mass is 127. The molecular formula is C24H32IN5O2. The number of guanidine groups is 1. The summed E-state index contributed by atoms with van der Waals surface area (Å²) in [6.45, 7) is 4.79. The number of para-hydroxylation sites is 1. The summed E-state index contributed by atoms with van der Waals surface area (Å²) in [6.07, 6.45) is 0. The molecule has 1 atom stereocenters. The highest BCUT2D eigenvalue weighted by Crippen LogP contribution is 2.23. The zero-order valence-electron chi connectivity index (χ0n) is 18.6. The van der Waals surface area contributed by atoms with Crippen molar-refractivity contribution in [3.8, 4) is 5.75 Å². The lowest BCUT2D eigenvalue weighted by molar-refractivity contribution is 0.0170. The van der Waals surface area contributed by atoms with Gasteiger partial charge in [-0.1, -0.05) is 30.3 Å². The van der Waals surface area contributed by atoms with Crippen LogP contribution in [-0.4, -0.2) is 62.8 Å². The van der Waals surface area contributed by atoms with E-state index in [1.165, 1.54) is 10.9 Å². The lowest BCUT2D eigenvalue weighted by atomic mass is 10.0. The van der Waals surface area contributed by atoms with E-state index in [0.717, 1.165) is 55.8 Å². The molecule has 172 valence electrons. The second-order valence-electron chi connectivity index (χ2n) is 7.63. The molecule has 4 rings (SSSR count). The predicted molar refractivity (Wildman–Crippen MR) is 140 cm³/mol. The zero-order chi connectivity index (χ0) is 21.5. The van der Waals surface area contributed by atoms with Gasteiger partial charge in [-0.15, -0.1) is 24.0 Å². The number of hydrogen-bond acceptors (Lipinski definition) is 4. The zero-order valence-corrected chi connectivity index (χ0v) is 21.0. The third-order valence-corrected chi connectivity index (χ3v) is 5.71. The number of aromatic amines is 1. The smallest absolute Gasteiger partial charge is 0.191 e. The van der Waals surface area contributed by atoms with Crippen LogP contribution in [0, 0.1) is 0 Å². The SMILES string of the molecule is CN=C(NCc1cc2ccccc2[nH]1)NCC(c1ccc(OC)cc1)N1CCOCC1.I. The van der Waals surface area contributed by atoms with E-state index in [1.54, 1.807) is 14.2 Å². The van der Waals surface area contributed by atoms with Crippen LogP contribution in [0.25, 0.3) is 10.9 Å². The van der Waals surface area contributed by atoms with Crippen LogP contribution in [0.2, 0.25) is 0 Å². The molecule has 1 fully saturated rings. The first kappa shape index (κ1) is 24.3. The predicted octanol–water partition coefficient (Wildman–Crippen LogP) is 3.53. The van der Waals surface area contributed by atoms with E-state index in [9.17, 15) is 0 Å². The largest absolute Gasteiger partial charge is 0.497 e. The summed E-state index contributed by atoms with van der Waals surface area (Å²) in [4.78, 5) is 10.3. The van der Waals surface area contributed by atoms with Crippen LogP contribution in [0.4, 0.5) is 0 Å². The standard InChI is InChI=1S/C24H31N5O2.HI/c1-25-24(26-16-20-15-19-5-3-4-6-22(19)28-20)27-17-23(29-11-13-31-14-12-29)18-7-9-21(30-2)10-8-18;/h3-10,15,23,28H,11-14,16-17H2,1-2H3,(H2,25,26,27);1H. The monoisotopic (exact) mass is 549 g/mol. The maximum atomic E-state index is 5.56. The minimum Gasteiger partial charge on any atom is -0.497 e. The maximum absolute atomic E-state index is 5.56. The number of ether oxygens (including phenoxy) is 2. The van der Waals surface area contributed by atoms with Gasteiger partial charge in [0.1, 0.15) is 5.75 Å². The van der Waals surface area contributed by atoms with E-state index >= 15 is 0 Å². The third kappa shape index (κ3) is 6.14. The Bertz CT molecular complexity index is 966. The van der Waals surface area contributed by atoms with Gasteiger partial charge in [-0.05, 0) is 35.2 Å². The van der Waals surface area contributed by atoms with Gasteiger partial charge >= 0.3 is 0 Å². The van der Waals surface area contributed by atoms with Gasteiger partial charge in [-0.3, -0.25) is 9.89 Å². The van der Waals surface area contributed by atoms with Crippen molar-refractivity contribution >= 4 is 40.8 Å². The molecule has 32 heavy (non-hydrogen) atoms. The molecule has 1 saturated heterocycles. The van der Waals surface area contributed by atoms with Gasteiger partial charge < -0.3 is 25.1 Å². The molecule has 0 amide bonds. The third-order valence-electron chi connectivity index (χ3n) is 5.71. The topological polar surface area (TPSA) is 73.9 Å². The molecule has 8 heteroatoms. The average Bonchev–Trinajstić information content (AvgIpc) is 3.25. The van der Waals surface area contributed by atoms with E-state index in [-0.39, 0.29) is 30.0 Å². The lowest BCUT2D eigenvalue weighted by Gasteiger charge is -2.35. The van der Waals surface area contributed by atoms with Crippen molar-refractivity contribution in [2.24, 2.45) is 4.99 Å². The van der Waals surface area contributed by atoms with Crippen LogP contribution in [0.15, 0.2) is 59.6 Å². The van der Waals surface area contributed by atoms with Crippen LogP contribution in [0.1, 0.15) is 17.3 Å². The van der Waals surface area contributed by atoms with Crippen molar-refractivity contribution in [2.45, 2.75) is 12.6 Å². The summed E-state index contributed by atoms with van der Waals surface area (Å²) in [7, 11) is 3.50. The Morgan fingerprint density at radius 1 is 1.12 bits per heavy atom. The highest BCUT2D eigenvalue weighted by Gasteiger charge is 2.23. The van der Waals surface area contributed by atoms with Crippen LogP contribution >= 0.6 is 24.0 Å². The molecule has 1 aromatic heterocycles. The molecule has 1 unspecified atom stereocenters. The summed E-state index contributed by atoms with van der Waals surface area (Å²) in [5, 5.41) is 8.15. The van der Waals surface area contributed by atoms with Crippen LogP contribution in [-0.2, 0) is 11.3 Å². The molecular weight excluding hydrogens is 517 g/mol. The molecule has 0 aliphatic carbocycles. The van der Waals surface area contributed by atoms with Crippen molar-refractivity contribution in [1.29, 1.82) is 0 Å². The molecule has 0 spiro atoms. The van der Waals surface area contributed by atoms with Gasteiger partial charge in [0.2, 0.25) is 0 Å². The van der Waals surface area contributed by atoms with Crippen molar-refractivity contribution in [3.63, 3.8) is 0 Å². The number of nitrogens with zero attached hydrogens (tertiary/aromatic N) is 2. The summed E-state index contributed by atoms with van der Waals surface area (Å²) < 4.78 is 10.9. The van der Waals surface area contributed by atoms with Gasteiger partial charge in [0.15, 0.2) is 5.96 Å². The fraction of sp³-hybridized carbons (Fsp3) is 0.375. The molecule has 1 aliphatic rings. The van der Waals surface area contributed by atoms with Crippen molar-refractivity contribution in [3.05, 3.63) is 65.9 Å². The van der Waals surface area contributed by atoms with Crippen LogP contribution in [0.3, 0.4) is 0 Å². The lowest BCUT2D eigenvalue weighted by Crippen LogP contribution is -2.46. The molecule has 0 saturated carbocycles. The van der Waals surface area contributed by atoms with E-state index in [4.69, 9.17) is 9.47 Å². The number of aromatic nitrogens is 1. The first-order valence-electron chi connectivity index (χ1n) is 10.7. The Balaban J connectivity index is 0.00000289. The molecule has 2 heterocycles. The van der Waals surface area contributed by atoms with E-state index in [2.05, 4.69) is 61.9 Å². The number of hydrogen-bond donors (Lipinski definition) is 3. The Hall–Kier alpha value is -2.30. The first-order valence-corrected chi connectivity index (χ1v) is 10.7. The molecule has 7 nitrogen and oxygen atoms in total. The van der Waals surface area contributed by atoms with E-state index in [0.29, 0.717) is 6.54 Å². The van der Waals surface area contributed by atoms with Crippen molar-refractivity contribution in [1.82, 2.24) is 20.5 Å². The minimum atomic E-state index is 0. The number of rotatable bonds is 7. The summed E-state index contributed by atoms with van der Waals surface area (Å²) >= 11 is 0. The van der Waals surface area contributed by atoms with Gasteiger partial charge in [-0.2, -0.15) is 0 Å². The molecule has 0 radical (unpaired) electrons. The number of aliphatic imine (C=N–C) groups is 1. The molecule has 3 N–H and O–H groups in total. The number of benzene rings is 2. The quantitative estimate of drug-likeness (QED) is 0.239. The molecule has 1 aliphatic heterocycles. The summed E-state index contributed by atoms with van der Waals surface area (Å²) in [6, 6.07) is 19.0. The Kier molecular flexibility index (Phi) is 9.19. The normalized spacial score (nSPS) is 15.8. The first-order chi connectivity index (χ1) is 15.3. The molecule has 3 aromatic rings. The van der Waals surface area contributed by atoms with Gasteiger partial charge in [-0.25, -0.2) is 0 Å². The van der Waals surface area contributed by atoms with Crippen molar-refractivity contribution < 1.29 is 9.47 Å². The van der Waals surface area contributed by atoms with Gasteiger partial charge in [0.25, 0.3) is 0 Å². The summed E-state index contributed by atoms with van der Waals surface area (Å²) in [5.41, 5.74) is 3.53. The number of fused-ring (bicyclic) bond motifs is 1. The van der Waals surface area contributed by atoms with Gasteiger partial charge in [0, 0.05) is 37.9 Å². The Morgan fingerprint density at radius 2 is 1.88 bits per heavy atom. The van der Waals surface area contributed by atoms with E-state index in [1.807, 2.05) is 18.2 Å². The number of H-pyrrole nitrogens is 1. The van der Waals surface area contributed by atoms with Crippen LogP contribution < -0.4 is 15.4 Å². The Morgan fingerprint density at radius 3 is 2.56 bits per heavy atom. The number of methoxy groups -OCH3 is 1. The fourth-order valence-corrected chi connectivity index (χ4v) is 3.99. The number of nitrogens with one attached hydrogen (secondary N) is 3. The second kappa shape index (κ2) is 12.1. The summed E-state index contributed by atoms with van der Waals surface area (Å²) in [5.74, 6) is 1.65. The fourth-order valence-electron chi connectivity index (χ4n) is 3.99. The highest BCUT2D eigenvalue weighted by molar-refractivity contribution is 14.0. The van der Waals surface area contributed by atoms with Gasteiger partial charge in [0.05, 0.1) is 32.9 Å². The molecule has 2 aromatic carbocycles. The number of morpholine rings is 1.